The number of benzene rings is 1. The third-order valence-electron chi connectivity index (χ3n) is 2.45. The lowest BCUT2D eigenvalue weighted by Crippen LogP contribution is -2.38. The fourth-order valence-corrected chi connectivity index (χ4v) is 2.49. The lowest BCUT2D eigenvalue weighted by molar-refractivity contribution is 0.302. The molecule has 0 bridgehead atoms. The Morgan fingerprint density at radius 2 is 1.81 bits per heavy atom. The van der Waals surface area contributed by atoms with Crippen molar-refractivity contribution in [3.05, 3.63) is 35.9 Å². The zero-order valence-corrected chi connectivity index (χ0v) is 12.3. The second kappa shape index (κ2) is 6.65. The first-order valence-electron chi connectivity index (χ1n) is 5.48. The van der Waals surface area contributed by atoms with E-state index in [2.05, 4.69) is 24.3 Å². The van der Waals surface area contributed by atoms with Gasteiger partial charge in [0.25, 0.3) is 0 Å². The second-order valence-electron chi connectivity index (χ2n) is 4.34. The molecular weight excluding hydrogens is 259 g/mol. The Bertz CT molecular complexity index is 301. The number of hydrogen-bond donors (Lipinski definition) is 0. The predicted octanol–water partition coefficient (Wildman–Crippen LogP) is 4.18. The second-order valence-corrected chi connectivity index (χ2v) is 10.2. The van der Waals surface area contributed by atoms with E-state index in [1.807, 2.05) is 19.2 Å². The lowest BCUT2D eigenvalue weighted by atomic mass is 10.1. The summed E-state index contributed by atoms with van der Waals surface area (Å²) in [5, 5.41) is 0. The minimum atomic E-state index is -1.89. The Kier molecular flexibility index (Phi) is 5.83. The standard InChI is InChI=1S/C12H18Cl2OSi/c1-16(2,12(13)14)15-10-6-9-11-7-4-3-5-8-11/h3-5,7-8,12H,6,9-10H2,1-2H3. The number of hydrogen-bond acceptors (Lipinski definition) is 1. The molecule has 0 saturated carbocycles. The van der Waals surface area contributed by atoms with Crippen LogP contribution in [0.15, 0.2) is 30.3 Å². The van der Waals surface area contributed by atoms with Crippen molar-refractivity contribution in [2.24, 2.45) is 0 Å². The van der Waals surface area contributed by atoms with Gasteiger partial charge in [-0.1, -0.05) is 30.3 Å². The van der Waals surface area contributed by atoms with Crippen molar-refractivity contribution in [2.75, 3.05) is 6.61 Å². The van der Waals surface area contributed by atoms with Gasteiger partial charge in [-0.05, 0) is 31.5 Å². The Hall–Kier alpha value is -0.0231. The van der Waals surface area contributed by atoms with Gasteiger partial charge in [-0.3, -0.25) is 0 Å². The highest BCUT2D eigenvalue weighted by Gasteiger charge is 2.30. The first-order valence-corrected chi connectivity index (χ1v) is 9.34. The van der Waals surface area contributed by atoms with E-state index in [1.165, 1.54) is 5.56 Å². The summed E-state index contributed by atoms with van der Waals surface area (Å²) in [5.41, 5.74) is 1.35. The zero-order valence-electron chi connectivity index (χ0n) is 9.75. The third-order valence-corrected chi connectivity index (χ3v) is 7.60. The third kappa shape index (κ3) is 4.87. The first kappa shape index (κ1) is 14.0. The summed E-state index contributed by atoms with van der Waals surface area (Å²) in [6.07, 6.45) is 2.06. The van der Waals surface area contributed by atoms with Gasteiger partial charge in [0.2, 0.25) is 8.32 Å². The van der Waals surface area contributed by atoms with Crippen LogP contribution in [0.1, 0.15) is 12.0 Å². The monoisotopic (exact) mass is 276 g/mol. The van der Waals surface area contributed by atoms with Crippen LogP contribution >= 0.6 is 23.2 Å². The molecule has 16 heavy (non-hydrogen) atoms. The molecule has 0 spiro atoms. The summed E-state index contributed by atoms with van der Waals surface area (Å²) < 4.78 is 5.43. The van der Waals surface area contributed by atoms with Crippen LogP contribution in [-0.2, 0) is 10.8 Å². The molecule has 0 unspecified atom stereocenters. The molecule has 0 amide bonds. The van der Waals surface area contributed by atoms with E-state index in [-0.39, 0.29) is 4.46 Å². The molecule has 0 radical (unpaired) electrons. The average molecular weight is 277 g/mol. The number of rotatable bonds is 6. The molecule has 1 nitrogen and oxygen atoms in total. The SMILES string of the molecule is C[Si](C)(OCCCc1ccccc1)C(Cl)Cl. The fraction of sp³-hybridized carbons (Fsp3) is 0.500. The van der Waals surface area contributed by atoms with Crippen LogP contribution in [0.3, 0.4) is 0 Å². The summed E-state index contributed by atoms with van der Waals surface area (Å²) in [7, 11) is -1.89. The fourth-order valence-electron chi connectivity index (χ4n) is 1.32. The number of halogens is 2. The summed E-state index contributed by atoms with van der Waals surface area (Å²) in [6.45, 7) is 4.82. The Labute approximate surface area is 109 Å². The molecular formula is C12H18Cl2OSi. The summed E-state index contributed by atoms with van der Waals surface area (Å²) in [4.78, 5) is 0. The highest BCUT2D eigenvalue weighted by atomic mass is 35.5. The van der Waals surface area contributed by atoms with Gasteiger partial charge in [0.15, 0.2) is 0 Å². The summed E-state index contributed by atoms with van der Waals surface area (Å²) in [6, 6.07) is 10.4. The highest BCUT2D eigenvalue weighted by Crippen LogP contribution is 2.19. The molecule has 0 atom stereocenters. The molecule has 90 valence electrons. The molecule has 1 rings (SSSR count). The molecule has 0 heterocycles. The van der Waals surface area contributed by atoms with Gasteiger partial charge in [0, 0.05) is 6.61 Å². The molecule has 0 aromatic heterocycles. The molecule has 0 fully saturated rings. The van der Waals surface area contributed by atoms with Crippen LogP contribution in [0.4, 0.5) is 0 Å². The Balaban J connectivity index is 2.22. The van der Waals surface area contributed by atoms with E-state index >= 15 is 0 Å². The van der Waals surface area contributed by atoms with Gasteiger partial charge in [0.1, 0.15) is 4.46 Å². The van der Waals surface area contributed by atoms with E-state index in [0.717, 1.165) is 19.4 Å². The van der Waals surface area contributed by atoms with Crippen molar-refractivity contribution in [1.82, 2.24) is 0 Å². The predicted molar refractivity (Wildman–Crippen MR) is 73.7 cm³/mol. The normalized spacial score (nSPS) is 12.1. The molecule has 0 saturated heterocycles. The smallest absolute Gasteiger partial charge is 0.220 e. The first-order chi connectivity index (χ1) is 7.52. The van der Waals surface area contributed by atoms with E-state index < -0.39 is 8.32 Å². The largest absolute Gasteiger partial charge is 0.415 e. The Morgan fingerprint density at radius 1 is 1.19 bits per heavy atom. The minimum absolute atomic E-state index is 0.357. The number of aryl methyl sites for hydroxylation is 1. The van der Waals surface area contributed by atoms with Crippen LogP contribution in [-0.4, -0.2) is 19.4 Å². The van der Waals surface area contributed by atoms with Crippen LogP contribution in [0.5, 0.6) is 0 Å². The molecule has 1 aromatic rings. The van der Waals surface area contributed by atoms with Gasteiger partial charge in [-0.25, -0.2) is 0 Å². The average Bonchev–Trinajstić information content (AvgIpc) is 2.26. The Morgan fingerprint density at radius 3 is 2.38 bits per heavy atom. The van der Waals surface area contributed by atoms with E-state index in [1.54, 1.807) is 0 Å². The van der Waals surface area contributed by atoms with Gasteiger partial charge in [-0.15, -0.1) is 23.2 Å². The molecule has 0 N–H and O–H groups in total. The molecule has 0 aliphatic carbocycles. The van der Waals surface area contributed by atoms with E-state index in [0.29, 0.717) is 0 Å². The van der Waals surface area contributed by atoms with Crippen molar-refractivity contribution in [3.8, 4) is 0 Å². The summed E-state index contributed by atoms with van der Waals surface area (Å²) in [5.74, 6) is 0. The number of alkyl halides is 2. The quantitative estimate of drug-likeness (QED) is 0.430. The minimum Gasteiger partial charge on any atom is -0.415 e. The van der Waals surface area contributed by atoms with Gasteiger partial charge in [-0.2, -0.15) is 0 Å². The zero-order chi connectivity index (χ0) is 12.0. The maximum absolute atomic E-state index is 5.87. The van der Waals surface area contributed by atoms with Gasteiger partial charge in [0.05, 0.1) is 0 Å². The van der Waals surface area contributed by atoms with Crippen molar-refractivity contribution < 1.29 is 4.43 Å². The van der Waals surface area contributed by atoms with Crippen molar-refractivity contribution in [2.45, 2.75) is 30.4 Å². The van der Waals surface area contributed by atoms with Gasteiger partial charge < -0.3 is 4.43 Å². The van der Waals surface area contributed by atoms with Crippen molar-refractivity contribution in [1.29, 1.82) is 0 Å². The van der Waals surface area contributed by atoms with Gasteiger partial charge >= 0.3 is 0 Å². The highest BCUT2D eigenvalue weighted by molar-refractivity contribution is 6.87. The maximum atomic E-state index is 5.87. The van der Waals surface area contributed by atoms with Crippen molar-refractivity contribution >= 4 is 31.5 Å². The topological polar surface area (TPSA) is 9.23 Å². The molecule has 0 aliphatic heterocycles. The van der Waals surface area contributed by atoms with E-state index in [4.69, 9.17) is 27.6 Å². The van der Waals surface area contributed by atoms with E-state index in [9.17, 15) is 0 Å². The lowest BCUT2D eigenvalue weighted by Gasteiger charge is -2.23. The molecule has 4 heteroatoms. The van der Waals surface area contributed by atoms with Crippen molar-refractivity contribution in [3.63, 3.8) is 0 Å². The molecule has 0 aliphatic rings. The molecule has 1 aromatic carbocycles. The van der Waals surface area contributed by atoms with Crippen LogP contribution in [0.2, 0.25) is 13.1 Å². The van der Waals surface area contributed by atoms with Crippen LogP contribution in [0.25, 0.3) is 0 Å². The van der Waals surface area contributed by atoms with Crippen LogP contribution in [0, 0.1) is 0 Å². The van der Waals surface area contributed by atoms with Crippen LogP contribution < -0.4 is 0 Å². The maximum Gasteiger partial charge on any atom is 0.220 e. The summed E-state index contributed by atoms with van der Waals surface area (Å²) >= 11 is 11.7.